The van der Waals surface area contributed by atoms with Crippen molar-refractivity contribution in [2.75, 3.05) is 5.73 Å². The van der Waals surface area contributed by atoms with E-state index in [4.69, 9.17) is 5.73 Å². The second-order valence-electron chi connectivity index (χ2n) is 4.12. The van der Waals surface area contributed by atoms with E-state index in [9.17, 15) is 0 Å². The molecule has 0 amide bonds. The summed E-state index contributed by atoms with van der Waals surface area (Å²) in [6, 6.07) is 10.2. The van der Waals surface area contributed by atoms with E-state index in [0.717, 1.165) is 29.3 Å². The van der Waals surface area contributed by atoms with Gasteiger partial charge in [-0.15, -0.1) is 0 Å². The minimum absolute atomic E-state index is 0.590. The lowest BCUT2D eigenvalue weighted by Gasteiger charge is -2.09. The number of aryl methyl sites for hydroxylation is 1. The van der Waals surface area contributed by atoms with Gasteiger partial charge in [0.25, 0.3) is 0 Å². The molecular formula is C14H17N3S. The van der Waals surface area contributed by atoms with Crippen LogP contribution in [0.1, 0.15) is 24.7 Å². The normalized spacial score (nSPS) is 10.6. The molecule has 1 aromatic carbocycles. The highest BCUT2D eigenvalue weighted by atomic mass is 32.2. The highest BCUT2D eigenvalue weighted by molar-refractivity contribution is 7.99. The summed E-state index contributed by atoms with van der Waals surface area (Å²) in [4.78, 5) is 10.1. The third kappa shape index (κ3) is 3.01. The van der Waals surface area contributed by atoms with Gasteiger partial charge >= 0.3 is 0 Å². The maximum absolute atomic E-state index is 5.94. The van der Waals surface area contributed by atoms with E-state index in [1.165, 1.54) is 4.90 Å². The van der Waals surface area contributed by atoms with Crippen LogP contribution in [0.3, 0.4) is 0 Å². The van der Waals surface area contributed by atoms with Crippen LogP contribution in [0.2, 0.25) is 0 Å². The van der Waals surface area contributed by atoms with Crippen LogP contribution >= 0.6 is 11.8 Å². The minimum atomic E-state index is 0.590. The fourth-order valence-electron chi connectivity index (χ4n) is 1.59. The Morgan fingerprint density at radius 3 is 2.56 bits per heavy atom. The second-order valence-corrected chi connectivity index (χ2v) is 5.18. The molecule has 3 nitrogen and oxygen atoms in total. The van der Waals surface area contributed by atoms with Crippen LogP contribution in [0.5, 0.6) is 0 Å². The van der Waals surface area contributed by atoms with Crippen molar-refractivity contribution in [1.82, 2.24) is 9.97 Å². The standard InChI is InChI=1S/C14H17N3S/c1-3-7-12-16-13(15)10(2)14(17-12)18-11-8-5-4-6-9-11/h4-6,8-9H,3,7H2,1-2H3,(H2,15,16,17). The van der Waals surface area contributed by atoms with Crippen molar-refractivity contribution in [3.05, 3.63) is 41.7 Å². The molecule has 1 aromatic heterocycles. The zero-order chi connectivity index (χ0) is 13.0. The Balaban J connectivity index is 2.31. The maximum Gasteiger partial charge on any atom is 0.132 e. The molecule has 0 bridgehead atoms. The quantitative estimate of drug-likeness (QED) is 0.854. The van der Waals surface area contributed by atoms with Crippen LogP contribution in [0.25, 0.3) is 0 Å². The highest BCUT2D eigenvalue weighted by Crippen LogP contribution is 2.30. The van der Waals surface area contributed by atoms with Crippen LogP contribution in [0, 0.1) is 6.92 Å². The monoisotopic (exact) mass is 259 g/mol. The van der Waals surface area contributed by atoms with Crippen molar-refractivity contribution in [1.29, 1.82) is 0 Å². The van der Waals surface area contributed by atoms with E-state index in [1.54, 1.807) is 11.8 Å². The van der Waals surface area contributed by atoms with E-state index < -0.39 is 0 Å². The molecule has 0 radical (unpaired) electrons. The van der Waals surface area contributed by atoms with Gasteiger partial charge in [-0.05, 0) is 25.5 Å². The van der Waals surface area contributed by atoms with E-state index in [-0.39, 0.29) is 0 Å². The largest absolute Gasteiger partial charge is 0.383 e. The number of aromatic nitrogens is 2. The lowest BCUT2D eigenvalue weighted by molar-refractivity contribution is 0.806. The van der Waals surface area contributed by atoms with E-state index in [0.29, 0.717) is 5.82 Å². The van der Waals surface area contributed by atoms with Gasteiger partial charge in [-0.25, -0.2) is 9.97 Å². The van der Waals surface area contributed by atoms with Gasteiger partial charge in [-0.2, -0.15) is 0 Å². The SMILES string of the molecule is CCCc1nc(N)c(C)c(Sc2ccccc2)n1. The zero-order valence-electron chi connectivity index (χ0n) is 10.7. The summed E-state index contributed by atoms with van der Waals surface area (Å²) < 4.78 is 0. The fraction of sp³-hybridized carbons (Fsp3) is 0.286. The molecule has 2 aromatic rings. The third-order valence-corrected chi connectivity index (χ3v) is 3.72. The molecule has 4 heteroatoms. The zero-order valence-corrected chi connectivity index (χ0v) is 11.5. The Bertz CT molecular complexity index is 526. The molecule has 18 heavy (non-hydrogen) atoms. The third-order valence-electron chi connectivity index (χ3n) is 2.62. The first kappa shape index (κ1) is 12.9. The molecular weight excluding hydrogens is 242 g/mol. The van der Waals surface area contributed by atoms with Crippen LogP contribution in [0.4, 0.5) is 5.82 Å². The van der Waals surface area contributed by atoms with Gasteiger partial charge in [0.15, 0.2) is 0 Å². The summed E-state index contributed by atoms with van der Waals surface area (Å²) in [5.41, 5.74) is 6.90. The summed E-state index contributed by atoms with van der Waals surface area (Å²) in [5.74, 6) is 1.42. The molecule has 1 heterocycles. The van der Waals surface area contributed by atoms with E-state index >= 15 is 0 Å². The van der Waals surface area contributed by atoms with Gasteiger partial charge in [-0.3, -0.25) is 0 Å². The average Bonchev–Trinajstić information content (AvgIpc) is 2.37. The number of rotatable bonds is 4. The molecule has 0 fully saturated rings. The van der Waals surface area contributed by atoms with Gasteiger partial charge in [0.1, 0.15) is 16.7 Å². The number of nitrogens with zero attached hydrogens (tertiary/aromatic N) is 2. The molecule has 0 unspecified atom stereocenters. The lowest BCUT2D eigenvalue weighted by atomic mass is 10.3. The van der Waals surface area contributed by atoms with Crippen molar-refractivity contribution in [2.45, 2.75) is 36.6 Å². The molecule has 2 rings (SSSR count). The Hall–Kier alpha value is -1.55. The highest BCUT2D eigenvalue weighted by Gasteiger charge is 2.09. The average molecular weight is 259 g/mol. The molecule has 0 atom stereocenters. The molecule has 0 spiro atoms. The Morgan fingerprint density at radius 2 is 1.89 bits per heavy atom. The van der Waals surface area contributed by atoms with Crippen molar-refractivity contribution >= 4 is 17.6 Å². The van der Waals surface area contributed by atoms with Crippen LogP contribution < -0.4 is 5.73 Å². The summed E-state index contributed by atoms with van der Waals surface area (Å²) >= 11 is 1.64. The molecule has 0 saturated carbocycles. The summed E-state index contributed by atoms with van der Waals surface area (Å²) in [6.45, 7) is 4.08. The van der Waals surface area contributed by atoms with Crippen molar-refractivity contribution < 1.29 is 0 Å². The van der Waals surface area contributed by atoms with Crippen LogP contribution in [0.15, 0.2) is 40.3 Å². The Labute approximate surface area is 112 Å². The van der Waals surface area contributed by atoms with Crippen LogP contribution in [-0.4, -0.2) is 9.97 Å². The summed E-state index contributed by atoms with van der Waals surface area (Å²) in [7, 11) is 0. The first-order valence-corrected chi connectivity index (χ1v) is 6.88. The number of hydrogen-bond acceptors (Lipinski definition) is 4. The first-order valence-electron chi connectivity index (χ1n) is 6.06. The van der Waals surface area contributed by atoms with E-state index in [1.807, 2.05) is 25.1 Å². The molecule has 0 saturated heterocycles. The molecule has 0 aliphatic heterocycles. The number of anilines is 1. The number of nitrogen functional groups attached to an aromatic ring is 1. The minimum Gasteiger partial charge on any atom is -0.383 e. The Morgan fingerprint density at radius 1 is 1.17 bits per heavy atom. The summed E-state index contributed by atoms with van der Waals surface area (Å²) in [5, 5.41) is 0.956. The summed E-state index contributed by atoms with van der Waals surface area (Å²) in [6.07, 6.45) is 1.89. The van der Waals surface area contributed by atoms with Gasteiger partial charge < -0.3 is 5.73 Å². The lowest BCUT2D eigenvalue weighted by Crippen LogP contribution is -2.04. The molecule has 0 aliphatic rings. The molecule has 0 aliphatic carbocycles. The fourth-order valence-corrected chi connectivity index (χ4v) is 2.52. The van der Waals surface area contributed by atoms with Crippen molar-refractivity contribution in [3.8, 4) is 0 Å². The smallest absolute Gasteiger partial charge is 0.132 e. The van der Waals surface area contributed by atoms with Crippen molar-refractivity contribution in [3.63, 3.8) is 0 Å². The van der Waals surface area contributed by atoms with Gasteiger partial charge in [0.2, 0.25) is 0 Å². The number of benzene rings is 1. The van der Waals surface area contributed by atoms with Crippen molar-refractivity contribution in [2.24, 2.45) is 0 Å². The van der Waals surface area contributed by atoms with Gasteiger partial charge in [0.05, 0.1) is 0 Å². The van der Waals surface area contributed by atoms with Gasteiger partial charge in [-0.1, -0.05) is 36.9 Å². The number of hydrogen-bond donors (Lipinski definition) is 1. The predicted molar refractivity (Wildman–Crippen MR) is 75.7 cm³/mol. The molecule has 2 N–H and O–H groups in total. The second kappa shape index (κ2) is 5.87. The first-order chi connectivity index (χ1) is 8.70. The maximum atomic E-state index is 5.94. The van der Waals surface area contributed by atoms with E-state index in [2.05, 4.69) is 29.0 Å². The topological polar surface area (TPSA) is 51.8 Å². The van der Waals surface area contributed by atoms with Crippen LogP contribution in [-0.2, 0) is 6.42 Å². The number of nitrogens with two attached hydrogens (primary N) is 1. The predicted octanol–water partition coefficient (Wildman–Crippen LogP) is 3.47. The Kier molecular flexibility index (Phi) is 4.20. The van der Waals surface area contributed by atoms with Gasteiger partial charge in [0, 0.05) is 16.9 Å². The molecule has 94 valence electrons.